The molecule has 7 heteroatoms. The molecule has 2 N–H and O–H groups in total. The van der Waals surface area contributed by atoms with Crippen LogP contribution in [0.15, 0.2) is 24.3 Å². The topological polar surface area (TPSA) is 75.4 Å². The number of hydrogen-bond donors (Lipinski definition) is 2. The number of rotatable bonds is 6. The molecule has 0 saturated carbocycles. The maximum absolute atomic E-state index is 12.7. The van der Waals surface area contributed by atoms with E-state index in [0.717, 1.165) is 0 Å². The van der Waals surface area contributed by atoms with Gasteiger partial charge in [-0.2, -0.15) is 0 Å². The van der Waals surface area contributed by atoms with Crippen molar-refractivity contribution in [3.05, 3.63) is 39.9 Å². The number of benzene rings is 1. The normalized spacial score (nSPS) is 11.5. The molecule has 1 aromatic carbocycles. The lowest BCUT2D eigenvalue weighted by atomic mass is 10.2. The third-order valence-corrected chi connectivity index (χ3v) is 2.12. The van der Waals surface area contributed by atoms with E-state index < -0.39 is 24.0 Å². The molecule has 0 unspecified atom stereocenters. The van der Waals surface area contributed by atoms with Crippen LogP contribution in [-0.4, -0.2) is 29.1 Å². The summed E-state index contributed by atoms with van der Waals surface area (Å²) in [4.78, 5) is 10.1. The van der Waals surface area contributed by atoms with Crippen LogP contribution >= 0.6 is 0 Å². The Labute approximate surface area is 96.2 Å². The molecule has 0 spiro atoms. The van der Waals surface area contributed by atoms with Crippen LogP contribution in [0.4, 0.5) is 14.5 Å². The third-order valence-electron chi connectivity index (χ3n) is 2.12. The molecule has 5 nitrogen and oxygen atoms in total. The average Bonchev–Trinajstić information content (AvgIpc) is 2.29. The van der Waals surface area contributed by atoms with Crippen LogP contribution in [-0.2, 0) is 6.54 Å². The van der Waals surface area contributed by atoms with Gasteiger partial charge in [0, 0.05) is 18.2 Å². The molecule has 0 radical (unpaired) electrons. The lowest BCUT2D eigenvalue weighted by Gasteiger charge is -2.13. The molecule has 0 aliphatic heterocycles. The summed E-state index contributed by atoms with van der Waals surface area (Å²) in [6.07, 6.45) is 0. The predicted molar refractivity (Wildman–Crippen MR) is 56.8 cm³/mol. The fourth-order valence-electron chi connectivity index (χ4n) is 1.27. The molecule has 0 saturated heterocycles. The smallest absolute Gasteiger partial charge is 0.282 e. The summed E-state index contributed by atoms with van der Waals surface area (Å²) in [6, 6.07) is 5.89. The summed E-state index contributed by atoms with van der Waals surface area (Å²) in [5.41, 5.74) is 0.207. The van der Waals surface area contributed by atoms with Crippen molar-refractivity contribution in [1.29, 1.82) is 0 Å². The number of halogens is 2. The molecule has 17 heavy (non-hydrogen) atoms. The Morgan fingerprint density at radius 1 is 1.41 bits per heavy atom. The average molecular weight is 246 g/mol. The highest BCUT2D eigenvalue weighted by Crippen LogP contribution is 2.17. The van der Waals surface area contributed by atoms with E-state index in [1.54, 1.807) is 6.07 Å². The number of hydrogen-bond acceptors (Lipinski definition) is 4. The minimum atomic E-state index is -3.22. The van der Waals surface area contributed by atoms with Gasteiger partial charge in [0.25, 0.3) is 11.6 Å². The van der Waals surface area contributed by atoms with E-state index in [1.807, 2.05) is 0 Å². The van der Waals surface area contributed by atoms with Crippen molar-refractivity contribution in [2.45, 2.75) is 12.5 Å². The highest BCUT2D eigenvalue weighted by atomic mass is 19.3. The summed E-state index contributed by atoms with van der Waals surface area (Å²) in [7, 11) is 0. The first kappa shape index (κ1) is 13.5. The molecule has 94 valence electrons. The van der Waals surface area contributed by atoms with Gasteiger partial charge in [-0.25, -0.2) is 8.78 Å². The first-order valence-electron chi connectivity index (χ1n) is 4.88. The SMILES string of the molecule is O=[N+]([O-])c1ccccc1CNCC(F)(F)CO. The molecular weight excluding hydrogens is 234 g/mol. The molecule has 1 rings (SSSR count). The number of nitrogens with one attached hydrogen (secondary N) is 1. The molecule has 0 aliphatic rings. The summed E-state index contributed by atoms with van der Waals surface area (Å²) in [6.45, 7) is -2.03. The van der Waals surface area contributed by atoms with E-state index in [2.05, 4.69) is 5.32 Å². The number of alkyl halides is 2. The zero-order valence-electron chi connectivity index (χ0n) is 8.90. The zero-order valence-corrected chi connectivity index (χ0v) is 8.90. The number of aliphatic hydroxyl groups is 1. The fourth-order valence-corrected chi connectivity index (χ4v) is 1.27. The molecule has 1 aromatic rings. The monoisotopic (exact) mass is 246 g/mol. The first-order chi connectivity index (χ1) is 7.96. The number of nitro benzene ring substituents is 1. The van der Waals surface area contributed by atoms with Gasteiger partial charge in [0.2, 0.25) is 0 Å². The van der Waals surface area contributed by atoms with Gasteiger partial charge < -0.3 is 10.4 Å². The van der Waals surface area contributed by atoms with Crippen molar-refractivity contribution >= 4 is 5.69 Å². The zero-order chi connectivity index (χ0) is 12.9. The van der Waals surface area contributed by atoms with Crippen LogP contribution in [0.25, 0.3) is 0 Å². The lowest BCUT2D eigenvalue weighted by molar-refractivity contribution is -0.385. The van der Waals surface area contributed by atoms with Gasteiger partial charge >= 0.3 is 0 Å². The Kier molecular flexibility index (Phi) is 4.47. The molecular formula is C10H12F2N2O3. The Bertz CT molecular complexity index is 399. The van der Waals surface area contributed by atoms with Crippen LogP contribution in [0.1, 0.15) is 5.56 Å². The Morgan fingerprint density at radius 2 is 2.06 bits per heavy atom. The van der Waals surface area contributed by atoms with Crippen molar-refractivity contribution in [3.8, 4) is 0 Å². The van der Waals surface area contributed by atoms with Gasteiger partial charge in [-0.15, -0.1) is 0 Å². The van der Waals surface area contributed by atoms with Gasteiger partial charge in [0.15, 0.2) is 0 Å². The van der Waals surface area contributed by atoms with Gasteiger partial charge in [-0.05, 0) is 0 Å². The minimum Gasteiger partial charge on any atom is -0.390 e. The molecule has 0 bridgehead atoms. The van der Waals surface area contributed by atoms with E-state index in [4.69, 9.17) is 5.11 Å². The number of para-hydroxylation sites is 1. The summed E-state index contributed by atoms with van der Waals surface area (Å²) < 4.78 is 25.3. The number of nitrogens with zero attached hydrogens (tertiary/aromatic N) is 1. The maximum Gasteiger partial charge on any atom is 0.282 e. The quantitative estimate of drug-likeness (QED) is 0.586. The molecule has 0 aliphatic carbocycles. The second-order valence-corrected chi connectivity index (χ2v) is 3.50. The van der Waals surface area contributed by atoms with E-state index in [9.17, 15) is 18.9 Å². The fraction of sp³-hybridized carbons (Fsp3) is 0.400. The minimum absolute atomic E-state index is 0.0489. The van der Waals surface area contributed by atoms with Crippen LogP contribution in [0.5, 0.6) is 0 Å². The molecule has 0 amide bonds. The lowest BCUT2D eigenvalue weighted by Crippen LogP contribution is -2.35. The van der Waals surface area contributed by atoms with Gasteiger partial charge in [0.05, 0.1) is 11.5 Å². The summed E-state index contributed by atoms with van der Waals surface area (Å²) in [5, 5.41) is 21.3. The van der Waals surface area contributed by atoms with Gasteiger partial charge in [0.1, 0.15) is 6.61 Å². The first-order valence-corrected chi connectivity index (χ1v) is 4.88. The highest BCUT2D eigenvalue weighted by molar-refractivity contribution is 5.39. The molecule has 0 fully saturated rings. The number of aliphatic hydroxyl groups excluding tert-OH is 1. The van der Waals surface area contributed by atoms with Crippen LogP contribution in [0, 0.1) is 10.1 Å². The van der Waals surface area contributed by atoms with E-state index in [0.29, 0.717) is 5.56 Å². The second-order valence-electron chi connectivity index (χ2n) is 3.50. The van der Waals surface area contributed by atoms with Crippen LogP contribution < -0.4 is 5.32 Å². The highest BCUT2D eigenvalue weighted by Gasteiger charge is 2.27. The Balaban J connectivity index is 2.61. The van der Waals surface area contributed by atoms with E-state index >= 15 is 0 Å². The summed E-state index contributed by atoms with van der Waals surface area (Å²) in [5.74, 6) is -3.22. The van der Waals surface area contributed by atoms with Crippen molar-refractivity contribution < 1.29 is 18.8 Å². The maximum atomic E-state index is 12.7. The van der Waals surface area contributed by atoms with Gasteiger partial charge in [-0.3, -0.25) is 10.1 Å². The van der Waals surface area contributed by atoms with Gasteiger partial charge in [-0.1, -0.05) is 18.2 Å². The van der Waals surface area contributed by atoms with Crippen molar-refractivity contribution in [2.24, 2.45) is 0 Å². The summed E-state index contributed by atoms with van der Waals surface area (Å²) >= 11 is 0. The van der Waals surface area contributed by atoms with Crippen molar-refractivity contribution in [2.75, 3.05) is 13.2 Å². The Hall–Kier alpha value is -1.60. The van der Waals surface area contributed by atoms with Crippen LogP contribution in [0.3, 0.4) is 0 Å². The molecule has 0 heterocycles. The van der Waals surface area contributed by atoms with Crippen molar-refractivity contribution in [1.82, 2.24) is 5.32 Å². The predicted octanol–water partition coefficient (Wildman–Crippen LogP) is 1.31. The standard InChI is InChI=1S/C10H12F2N2O3/c11-10(12,7-15)6-13-5-8-3-1-2-4-9(8)14(16)17/h1-4,13,15H,5-7H2. The molecule has 0 aromatic heterocycles. The Morgan fingerprint density at radius 3 is 2.65 bits per heavy atom. The van der Waals surface area contributed by atoms with E-state index in [-0.39, 0.29) is 12.2 Å². The van der Waals surface area contributed by atoms with Crippen LogP contribution in [0.2, 0.25) is 0 Å². The van der Waals surface area contributed by atoms with Crippen molar-refractivity contribution in [3.63, 3.8) is 0 Å². The van der Waals surface area contributed by atoms with E-state index in [1.165, 1.54) is 18.2 Å². The third kappa shape index (κ3) is 4.04. The molecule has 0 atom stereocenters. The largest absolute Gasteiger partial charge is 0.390 e. The second kappa shape index (κ2) is 5.65. The number of nitro groups is 1.